The smallest absolute Gasteiger partial charge is 0.234 e. The second-order valence-corrected chi connectivity index (χ2v) is 8.05. The van der Waals surface area contributed by atoms with E-state index in [1.165, 1.54) is 76.0 Å². The van der Waals surface area contributed by atoms with E-state index in [1.54, 1.807) is 6.07 Å². The molecule has 1 aromatic heterocycles. The number of aromatic nitrogens is 2. The SMILES string of the molecule is CCCCCCCC1CCC(c2ccc(-c3ncc(C#N)c(F)n3)cc2)CC1. The summed E-state index contributed by atoms with van der Waals surface area (Å²) in [6.07, 6.45) is 14.7. The monoisotopic (exact) mass is 379 g/mol. The van der Waals surface area contributed by atoms with E-state index < -0.39 is 5.95 Å². The van der Waals surface area contributed by atoms with Gasteiger partial charge in [0, 0.05) is 5.56 Å². The van der Waals surface area contributed by atoms with Gasteiger partial charge in [-0.3, -0.25) is 0 Å². The van der Waals surface area contributed by atoms with Gasteiger partial charge in [-0.15, -0.1) is 0 Å². The van der Waals surface area contributed by atoms with E-state index in [9.17, 15) is 4.39 Å². The van der Waals surface area contributed by atoms with Crippen molar-refractivity contribution < 1.29 is 4.39 Å². The Morgan fingerprint density at radius 2 is 1.75 bits per heavy atom. The van der Waals surface area contributed by atoms with E-state index in [2.05, 4.69) is 29.0 Å². The van der Waals surface area contributed by atoms with Crippen molar-refractivity contribution in [1.82, 2.24) is 9.97 Å². The lowest BCUT2D eigenvalue weighted by Gasteiger charge is -2.29. The molecule has 0 radical (unpaired) electrons. The van der Waals surface area contributed by atoms with E-state index in [4.69, 9.17) is 5.26 Å². The highest BCUT2D eigenvalue weighted by Gasteiger charge is 2.22. The van der Waals surface area contributed by atoms with Crippen LogP contribution in [0, 0.1) is 23.2 Å². The fraction of sp³-hybridized carbons (Fsp3) is 0.542. The van der Waals surface area contributed by atoms with Gasteiger partial charge in [-0.05, 0) is 43.1 Å². The molecule has 4 heteroatoms. The molecule has 0 bridgehead atoms. The molecule has 3 rings (SSSR count). The Kier molecular flexibility index (Phi) is 7.54. The summed E-state index contributed by atoms with van der Waals surface area (Å²) < 4.78 is 13.7. The molecule has 1 fully saturated rings. The summed E-state index contributed by atoms with van der Waals surface area (Å²) in [7, 11) is 0. The standard InChI is InChI=1S/C24H30FN3/c1-2-3-4-5-6-7-18-8-10-19(11-9-18)20-12-14-21(15-13-20)24-27-17-22(16-26)23(25)28-24/h12-15,17-19H,2-11H2,1H3. The van der Waals surface area contributed by atoms with Crippen LogP contribution in [-0.2, 0) is 0 Å². The molecule has 1 heterocycles. The predicted molar refractivity (Wildman–Crippen MR) is 110 cm³/mol. The Morgan fingerprint density at radius 1 is 1.04 bits per heavy atom. The van der Waals surface area contributed by atoms with Crippen LogP contribution in [0.2, 0.25) is 0 Å². The Morgan fingerprint density at radius 3 is 2.39 bits per heavy atom. The summed E-state index contributed by atoms with van der Waals surface area (Å²) in [6, 6.07) is 9.95. The van der Waals surface area contributed by atoms with Crippen LogP contribution in [0.25, 0.3) is 11.4 Å². The largest absolute Gasteiger partial charge is 0.235 e. The van der Waals surface area contributed by atoms with Crippen LogP contribution >= 0.6 is 0 Å². The first-order valence-corrected chi connectivity index (χ1v) is 10.7. The van der Waals surface area contributed by atoms with Gasteiger partial charge in [-0.2, -0.15) is 14.6 Å². The fourth-order valence-electron chi connectivity index (χ4n) is 4.30. The first kappa shape index (κ1) is 20.5. The van der Waals surface area contributed by atoms with Crippen LogP contribution in [0.3, 0.4) is 0 Å². The zero-order valence-corrected chi connectivity index (χ0v) is 16.8. The van der Waals surface area contributed by atoms with Gasteiger partial charge in [0.05, 0.1) is 6.20 Å². The van der Waals surface area contributed by atoms with Crippen LogP contribution in [0.1, 0.15) is 88.2 Å². The molecule has 0 N–H and O–H groups in total. The van der Waals surface area contributed by atoms with Crippen molar-refractivity contribution in [3.63, 3.8) is 0 Å². The maximum absolute atomic E-state index is 13.7. The number of rotatable bonds is 8. The number of nitrogens with zero attached hydrogens (tertiary/aromatic N) is 3. The average molecular weight is 380 g/mol. The topological polar surface area (TPSA) is 49.6 Å². The molecule has 0 aliphatic heterocycles. The molecular weight excluding hydrogens is 349 g/mol. The van der Waals surface area contributed by atoms with Crippen molar-refractivity contribution in [3.8, 4) is 17.5 Å². The lowest BCUT2D eigenvalue weighted by atomic mass is 9.77. The second-order valence-electron chi connectivity index (χ2n) is 8.05. The van der Waals surface area contributed by atoms with E-state index in [0.717, 1.165) is 11.5 Å². The van der Waals surface area contributed by atoms with Crippen molar-refractivity contribution in [2.75, 3.05) is 0 Å². The normalized spacial score (nSPS) is 19.3. The molecule has 0 spiro atoms. The molecule has 1 aliphatic rings. The lowest BCUT2D eigenvalue weighted by Crippen LogP contribution is -2.13. The summed E-state index contributed by atoms with van der Waals surface area (Å²) in [4.78, 5) is 7.92. The molecule has 148 valence electrons. The quantitative estimate of drug-likeness (QED) is 0.375. The summed E-state index contributed by atoms with van der Waals surface area (Å²) in [5.74, 6) is 1.11. The van der Waals surface area contributed by atoms with Gasteiger partial charge in [0.2, 0.25) is 5.95 Å². The number of hydrogen-bond acceptors (Lipinski definition) is 3. The zero-order chi connectivity index (χ0) is 19.8. The fourth-order valence-corrected chi connectivity index (χ4v) is 4.30. The molecule has 1 aromatic carbocycles. The molecule has 1 saturated carbocycles. The predicted octanol–water partition coefficient (Wildman–Crippen LogP) is 6.79. The maximum atomic E-state index is 13.7. The number of unbranched alkanes of at least 4 members (excludes halogenated alkanes) is 4. The van der Waals surface area contributed by atoms with E-state index >= 15 is 0 Å². The molecule has 0 unspecified atom stereocenters. The Bertz CT molecular complexity index is 786. The molecule has 1 aliphatic carbocycles. The van der Waals surface area contributed by atoms with Gasteiger partial charge < -0.3 is 0 Å². The first-order valence-electron chi connectivity index (χ1n) is 10.7. The average Bonchev–Trinajstić information content (AvgIpc) is 2.74. The van der Waals surface area contributed by atoms with E-state index in [0.29, 0.717) is 11.7 Å². The Hall–Kier alpha value is -2.28. The number of hydrogen-bond donors (Lipinski definition) is 0. The molecule has 3 nitrogen and oxygen atoms in total. The molecule has 0 saturated heterocycles. The first-order chi connectivity index (χ1) is 13.7. The minimum Gasteiger partial charge on any atom is -0.235 e. The highest BCUT2D eigenvalue weighted by atomic mass is 19.1. The second kappa shape index (κ2) is 10.3. The Labute approximate surface area is 168 Å². The number of benzene rings is 1. The number of nitriles is 1. The van der Waals surface area contributed by atoms with Crippen LogP contribution in [0.5, 0.6) is 0 Å². The summed E-state index contributed by atoms with van der Waals surface area (Å²) in [5.41, 5.74) is 2.02. The van der Waals surface area contributed by atoms with Gasteiger partial charge >= 0.3 is 0 Å². The summed E-state index contributed by atoms with van der Waals surface area (Å²) in [6.45, 7) is 2.27. The van der Waals surface area contributed by atoms with Crippen LogP contribution in [-0.4, -0.2) is 9.97 Å². The van der Waals surface area contributed by atoms with Crippen molar-refractivity contribution in [2.45, 2.75) is 77.0 Å². The highest BCUT2D eigenvalue weighted by Crippen LogP contribution is 2.38. The summed E-state index contributed by atoms with van der Waals surface area (Å²) >= 11 is 0. The third-order valence-electron chi connectivity index (χ3n) is 6.07. The summed E-state index contributed by atoms with van der Waals surface area (Å²) in [5, 5.41) is 8.79. The maximum Gasteiger partial charge on any atom is 0.234 e. The van der Waals surface area contributed by atoms with E-state index in [-0.39, 0.29) is 5.56 Å². The number of halogens is 1. The van der Waals surface area contributed by atoms with Gasteiger partial charge in [0.25, 0.3) is 0 Å². The minimum absolute atomic E-state index is 0.123. The lowest BCUT2D eigenvalue weighted by molar-refractivity contribution is 0.302. The minimum atomic E-state index is -0.760. The molecule has 0 atom stereocenters. The highest BCUT2D eigenvalue weighted by molar-refractivity contribution is 5.55. The van der Waals surface area contributed by atoms with Gasteiger partial charge in [-0.25, -0.2) is 4.98 Å². The van der Waals surface area contributed by atoms with Crippen molar-refractivity contribution in [2.24, 2.45) is 5.92 Å². The van der Waals surface area contributed by atoms with Crippen LogP contribution in [0.4, 0.5) is 4.39 Å². The van der Waals surface area contributed by atoms with Gasteiger partial charge in [0.1, 0.15) is 11.6 Å². The zero-order valence-electron chi connectivity index (χ0n) is 16.8. The van der Waals surface area contributed by atoms with Gasteiger partial charge in [0.15, 0.2) is 5.82 Å². The molecule has 28 heavy (non-hydrogen) atoms. The van der Waals surface area contributed by atoms with Crippen LogP contribution in [0.15, 0.2) is 30.5 Å². The van der Waals surface area contributed by atoms with Crippen molar-refractivity contribution in [1.29, 1.82) is 5.26 Å². The van der Waals surface area contributed by atoms with Gasteiger partial charge in [-0.1, -0.05) is 69.7 Å². The van der Waals surface area contributed by atoms with E-state index in [1.807, 2.05) is 12.1 Å². The van der Waals surface area contributed by atoms with Crippen LogP contribution < -0.4 is 0 Å². The molecule has 2 aromatic rings. The third kappa shape index (κ3) is 5.38. The van der Waals surface area contributed by atoms with Crippen molar-refractivity contribution >= 4 is 0 Å². The molecular formula is C24H30FN3. The van der Waals surface area contributed by atoms with Crippen molar-refractivity contribution in [3.05, 3.63) is 47.5 Å². The molecule has 0 amide bonds. The third-order valence-corrected chi connectivity index (χ3v) is 6.07. The Balaban J connectivity index is 1.51.